The molecule has 0 radical (unpaired) electrons. The summed E-state index contributed by atoms with van der Waals surface area (Å²) in [7, 11) is 1.34. The second kappa shape index (κ2) is 15.5. The highest BCUT2D eigenvalue weighted by atomic mass is 19.1. The van der Waals surface area contributed by atoms with Crippen molar-refractivity contribution in [2.24, 2.45) is 4.99 Å². The molecule has 0 atom stereocenters. The maximum Gasteiger partial charge on any atom is 0.356 e. The molecule has 0 N–H and O–H groups in total. The van der Waals surface area contributed by atoms with Gasteiger partial charge in [0, 0.05) is 37.3 Å². The standard InChI is InChI=1S/C31H40FN5O3.C3H8.C2H6/c1-19(2)26(29(39)40-9)33-21(4)35-14-15-37(31(7,8)18-35)28(38)24-12-13-25-27(34-24)30(5,6)17-36(25)22-11-10-20(3)23(32)16-22;1-3-2;1-2/h10-13,16H,14-15,17-18H2,1-9H3;3H2,1-2H3;1-2H3. The fourth-order valence-electron chi connectivity index (χ4n) is 5.46. The summed E-state index contributed by atoms with van der Waals surface area (Å²) in [5.74, 6) is -0.138. The van der Waals surface area contributed by atoms with Gasteiger partial charge >= 0.3 is 5.97 Å². The Kier molecular flexibility index (Phi) is 12.9. The lowest BCUT2D eigenvalue weighted by Gasteiger charge is -2.47. The molecule has 1 aromatic carbocycles. The summed E-state index contributed by atoms with van der Waals surface area (Å²) < 4.78 is 19.2. The number of piperazine rings is 1. The van der Waals surface area contributed by atoms with Gasteiger partial charge in [0.1, 0.15) is 23.0 Å². The Hall–Kier alpha value is -3.75. The van der Waals surface area contributed by atoms with E-state index in [9.17, 15) is 14.0 Å². The highest BCUT2D eigenvalue weighted by molar-refractivity contribution is 5.95. The SMILES string of the molecule is CC.CCC.COC(=O)C(N=C(C)N1CCN(C(=O)c2ccc3c(n2)C(C)(C)CN3c2ccc(C)c(F)c2)C(C)(C)C1)=C(C)C. The number of hydrogen-bond donors (Lipinski definition) is 0. The predicted molar refractivity (Wildman–Crippen MR) is 183 cm³/mol. The number of aryl methyl sites for hydroxylation is 1. The molecule has 0 saturated carbocycles. The zero-order chi connectivity index (χ0) is 34.3. The molecule has 1 amide bonds. The summed E-state index contributed by atoms with van der Waals surface area (Å²) in [6, 6.07) is 8.95. The van der Waals surface area contributed by atoms with Crippen LogP contribution in [-0.4, -0.2) is 71.3 Å². The van der Waals surface area contributed by atoms with Gasteiger partial charge in [-0.05, 0) is 76.9 Å². The van der Waals surface area contributed by atoms with Gasteiger partial charge in [-0.2, -0.15) is 0 Å². The molecule has 4 rings (SSSR count). The number of methoxy groups -OCH3 is 1. The minimum atomic E-state index is -0.510. The van der Waals surface area contributed by atoms with Crippen LogP contribution in [0.25, 0.3) is 0 Å². The molecule has 1 saturated heterocycles. The van der Waals surface area contributed by atoms with E-state index in [1.807, 2.05) is 65.5 Å². The Balaban J connectivity index is 0.00000133. The summed E-state index contributed by atoms with van der Waals surface area (Å²) in [5, 5.41) is 0. The molecular formula is C36H54FN5O3. The maximum absolute atomic E-state index is 14.4. The zero-order valence-electron chi connectivity index (χ0n) is 29.8. The Bertz CT molecular complexity index is 1430. The van der Waals surface area contributed by atoms with Crippen molar-refractivity contribution >= 4 is 29.1 Å². The number of ether oxygens (including phenoxy) is 1. The van der Waals surface area contributed by atoms with E-state index in [1.165, 1.54) is 13.5 Å². The van der Waals surface area contributed by atoms with Crippen LogP contribution in [0.15, 0.2) is 46.6 Å². The average molecular weight is 624 g/mol. The third-order valence-corrected chi connectivity index (χ3v) is 7.78. The number of rotatable bonds is 4. The van der Waals surface area contributed by atoms with Crippen molar-refractivity contribution in [2.45, 2.75) is 100 Å². The number of aromatic nitrogens is 1. The lowest BCUT2D eigenvalue weighted by molar-refractivity contribution is -0.136. The van der Waals surface area contributed by atoms with E-state index in [2.05, 4.69) is 42.5 Å². The molecule has 248 valence electrons. The Labute approximate surface area is 270 Å². The highest BCUT2D eigenvalue weighted by Gasteiger charge is 2.41. The summed E-state index contributed by atoms with van der Waals surface area (Å²) >= 11 is 0. The number of benzene rings is 1. The van der Waals surface area contributed by atoms with Crippen LogP contribution in [0.5, 0.6) is 0 Å². The first-order valence-corrected chi connectivity index (χ1v) is 16.0. The third kappa shape index (κ3) is 8.50. The lowest BCUT2D eigenvalue weighted by Crippen LogP contribution is -2.62. The van der Waals surface area contributed by atoms with Crippen molar-refractivity contribution in [1.82, 2.24) is 14.8 Å². The molecule has 1 fully saturated rings. The Morgan fingerprint density at radius 3 is 2.16 bits per heavy atom. The first kappa shape index (κ1) is 37.4. The number of allylic oxidation sites excluding steroid dienone is 1. The number of esters is 1. The molecule has 0 bridgehead atoms. The number of nitrogens with zero attached hydrogens (tertiary/aromatic N) is 5. The minimum Gasteiger partial charge on any atom is -0.464 e. The van der Waals surface area contributed by atoms with Gasteiger partial charge in [0.25, 0.3) is 5.91 Å². The van der Waals surface area contributed by atoms with E-state index in [1.54, 1.807) is 25.1 Å². The van der Waals surface area contributed by atoms with Crippen molar-refractivity contribution in [3.63, 3.8) is 0 Å². The van der Waals surface area contributed by atoms with E-state index >= 15 is 0 Å². The number of anilines is 2. The van der Waals surface area contributed by atoms with Crippen LogP contribution in [0.3, 0.4) is 0 Å². The van der Waals surface area contributed by atoms with Crippen LogP contribution >= 0.6 is 0 Å². The smallest absolute Gasteiger partial charge is 0.356 e. The topological polar surface area (TPSA) is 78.3 Å². The molecule has 1 aromatic heterocycles. The second-order valence-corrected chi connectivity index (χ2v) is 12.9. The highest BCUT2D eigenvalue weighted by Crippen LogP contribution is 2.43. The summed E-state index contributed by atoms with van der Waals surface area (Å²) in [6.45, 7) is 26.0. The first-order valence-electron chi connectivity index (χ1n) is 16.0. The lowest BCUT2D eigenvalue weighted by atomic mass is 9.91. The Morgan fingerprint density at radius 2 is 1.62 bits per heavy atom. The van der Waals surface area contributed by atoms with E-state index in [4.69, 9.17) is 9.72 Å². The van der Waals surface area contributed by atoms with Gasteiger partial charge < -0.3 is 19.4 Å². The Morgan fingerprint density at radius 1 is 1.00 bits per heavy atom. The molecule has 2 aliphatic heterocycles. The fourth-order valence-corrected chi connectivity index (χ4v) is 5.46. The molecule has 3 heterocycles. The van der Waals surface area contributed by atoms with Crippen LogP contribution in [0.2, 0.25) is 0 Å². The van der Waals surface area contributed by atoms with Crippen LogP contribution in [0.4, 0.5) is 15.8 Å². The van der Waals surface area contributed by atoms with E-state index < -0.39 is 11.5 Å². The van der Waals surface area contributed by atoms with Gasteiger partial charge in [0.2, 0.25) is 0 Å². The quantitative estimate of drug-likeness (QED) is 0.150. The molecule has 0 aliphatic carbocycles. The van der Waals surface area contributed by atoms with E-state index in [-0.39, 0.29) is 17.1 Å². The number of carbonyl (C=O) groups is 2. The minimum absolute atomic E-state index is 0.128. The van der Waals surface area contributed by atoms with Crippen LogP contribution in [-0.2, 0) is 14.9 Å². The first-order chi connectivity index (χ1) is 21.1. The van der Waals surface area contributed by atoms with Gasteiger partial charge in [0.05, 0.1) is 24.0 Å². The van der Waals surface area contributed by atoms with E-state index in [0.29, 0.717) is 49.0 Å². The van der Waals surface area contributed by atoms with Gasteiger partial charge in [-0.1, -0.05) is 54.0 Å². The normalized spacial score (nSPS) is 16.5. The number of hydrogen-bond acceptors (Lipinski definition) is 6. The van der Waals surface area contributed by atoms with Crippen molar-refractivity contribution in [2.75, 3.05) is 38.2 Å². The molecule has 0 unspecified atom stereocenters. The van der Waals surface area contributed by atoms with Gasteiger partial charge in [0.15, 0.2) is 0 Å². The monoisotopic (exact) mass is 623 g/mol. The number of amides is 1. The summed E-state index contributed by atoms with van der Waals surface area (Å²) in [5.41, 5.74) is 3.73. The largest absolute Gasteiger partial charge is 0.464 e. The van der Waals surface area contributed by atoms with Gasteiger partial charge in [-0.25, -0.2) is 19.2 Å². The third-order valence-electron chi connectivity index (χ3n) is 7.78. The summed E-state index contributed by atoms with van der Waals surface area (Å²) in [6.07, 6.45) is 1.25. The molecule has 45 heavy (non-hydrogen) atoms. The van der Waals surface area contributed by atoms with Gasteiger partial charge in [-0.3, -0.25) is 4.79 Å². The van der Waals surface area contributed by atoms with Crippen molar-refractivity contribution in [3.8, 4) is 0 Å². The van der Waals surface area contributed by atoms with Crippen molar-refractivity contribution in [3.05, 3.63) is 64.4 Å². The molecular weight excluding hydrogens is 569 g/mol. The molecule has 2 aliphatic rings. The maximum atomic E-state index is 14.4. The molecule has 2 aromatic rings. The number of amidine groups is 1. The average Bonchev–Trinajstić information content (AvgIpc) is 3.27. The number of aliphatic imine (C=N–C) groups is 1. The van der Waals surface area contributed by atoms with Crippen molar-refractivity contribution < 1.29 is 18.7 Å². The zero-order valence-corrected chi connectivity index (χ0v) is 29.8. The van der Waals surface area contributed by atoms with Crippen LogP contribution in [0, 0.1) is 12.7 Å². The van der Waals surface area contributed by atoms with Crippen LogP contribution in [0.1, 0.15) is 104 Å². The molecule has 0 spiro atoms. The number of pyridine rings is 1. The van der Waals surface area contributed by atoms with E-state index in [0.717, 1.165) is 22.6 Å². The number of halogens is 1. The van der Waals surface area contributed by atoms with Crippen LogP contribution < -0.4 is 4.90 Å². The summed E-state index contributed by atoms with van der Waals surface area (Å²) in [4.78, 5) is 41.5. The molecule has 8 nitrogen and oxygen atoms in total. The molecule has 9 heteroatoms. The van der Waals surface area contributed by atoms with Crippen molar-refractivity contribution in [1.29, 1.82) is 0 Å². The second-order valence-electron chi connectivity index (χ2n) is 12.9. The number of fused-ring (bicyclic) bond motifs is 1. The number of carbonyl (C=O) groups excluding carboxylic acids is 2. The fraction of sp³-hybridized carbons (Fsp3) is 0.556. The predicted octanol–water partition coefficient (Wildman–Crippen LogP) is 7.82. The van der Waals surface area contributed by atoms with Gasteiger partial charge in [-0.15, -0.1) is 0 Å².